The summed E-state index contributed by atoms with van der Waals surface area (Å²) in [5, 5.41) is 7.97. The third-order valence-corrected chi connectivity index (χ3v) is 2.20. The maximum atomic E-state index is 7.97. The molecule has 0 aliphatic carbocycles. The summed E-state index contributed by atoms with van der Waals surface area (Å²) in [5.41, 5.74) is 2.05. The molecule has 80 valence electrons. The van der Waals surface area contributed by atoms with Crippen LogP contribution < -0.4 is 0 Å². The van der Waals surface area contributed by atoms with Crippen molar-refractivity contribution >= 4 is 5.71 Å². The van der Waals surface area contributed by atoms with Crippen LogP contribution in [0.3, 0.4) is 0 Å². The molecule has 14 heavy (non-hydrogen) atoms. The summed E-state index contributed by atoms with van der Waals surface area (Å²) in [6.07, 6.45) is 4.70. The molecule has 0 saturated carbocycles. The van der Waals surface area contributed by atoms with Crippen LogP contribution in [0.25, 0.3) is 0 Å². The van der Waals surface area contributed by atoms with E-state index in [0.717, 1.165) is 17.7 Å². The first-order valence-corrected chi connectivity index (χ1v) is 5.16. The largest absolute Gasteiger partial charge is 0.305 e. The molecule has 0 bridgehead atoms. The summed E-state index contributed by atoms with van der Waals surface area (Å²) >= 11 is 0. The van der Waals surface area contributed by atoms with Crippen LogP contribution in [0.2, 0.25) is 0 Å². The van der Waals surface area contributed by atoms with E-state index in [4.69, 9.17) is 5.41 Å². The molecular weight excluding hydrogens is 170 g/mol. The molecule has 0 amide bonds. The minimum atomic E-state index is 0.292. The topological polar surface area (TPSA) is 23.9 Å². The lowest BCUT2D eigenvalue weighted by molar-refractivity contribution is 0.345. The first-order chi connectivity index (χ1) is 6.28. The Kier molecular flexibility index (Phi) is 4.82. The van der Waals surface area contributed by atoms with E-state index in [1.807, 2.05) is 13.0 Å². The van der Waals surface area contributed by atoms with Gasteiger partial charge in [-0.1, -0.05) is 46.4 Å². The van der Waals surface area contributed by atoms with Gasteiger partial charge in [0.2, 0.25) is 0 Å². The molecule has 0 fully saturated rings. The van der Waals surface area contributed by atoms with E-state index >= 15 is 0 Å². The molecule has 0 saturated heterocycles. The number of rotatable bonds is 4. The zero-order valence-corrected chi connectivity index (χ0v) is 10.1. The van der Waals surface area contributed by atoms with Crippen molar-refractivity contribution in [1.82, 2.24) is 0 Å². The zero-order valence-electron chi connectivity index (χ0n) is 10.1. The number of nitrogens with one attached hydrogen (secondary N) is 1. The first kappa shape index (κ1) is 13.2. The Labute approximate surface area is 88.4 Å². The van der Waals surface area contributed by atoms with Gasteiger partial charge in [0.15, 0.2) is 0 Å². The van der Waals surface area contributed by atoms with E-state index in [9.17, 15) is 0 Å². The lowest BCUT2D eigenvalue weighted by atomic mass is 9.82. The maximum absolute atomic E-state index is 7.97. The second kappa shape index (κ2) is 5.14. The van der Waals surface area contributed by atoms with Crippen LogP contribution >= 0.6 is 0 Å². The Bertz CT molecular complexity index is 240. The molecule has 1 nitrogen and oxygen atoms in total. The molecule has 0 aliphatic heterocycles. The zero-order chi connectivity index (χ0) is 11.4. The molecule has 0 radical (unpaired) electrons. The summed E-state index contributed by atoms with van der Waals surface area (Å²) in [5.74, 6) is 0.325. The minimum Gasteiger partial charge on any atom is -0.305 e. The van der Waals surface area contributed by atoms with Crippen molar-refractivity contribution in [2.75, 3.05) is 0 Å². The molecule has 0 aromatic heterocycles. The van der Waals surface area contributed by atoms with E-state index < -0.39 is 0 Å². The number of allylic oxidation sites excluding steroid dienone is 3. The van der Waals surface area contributed by atoms with Gasteiger partial charge >= 0.3 is 0 Å². The molecule has 0 rings (SSSR count). The van der Waals surface area contributed by atoms with Crippen LogP contribution in [0.5, 0.6) is 0 Å². The van der Waals surface area contributed by atoms with E-state index in [1.165, 1.54) is 0 Å². The Hall–Kier alpha value is -0.850. The van der Waals surface area contributed by atoms with Crippen LogP contribution in [-0.4, -0.2) is 5.71 Å². The van der Waals surface area contributed by atoms with Gasteiger partial charge in [0.25, 0.3) is 0 Å². The van der Waals surface area contributed by atoms with Crippen molar-refractivity contribution in [2.45, 2.75) is 41.0 Å². The Morgan fingerprint density at radius 2 is 1.93 bits per heavy atom. The molecule has 1 atom stereocenters. The average Bonchev–Trinajstić information content (AvgIpc) is 2.00. The molecule has 1 heteroatoms. The average molecular weight is 193 g/mol. The monoisotopic (exact) mass is 193 g/mol. The van der Waals surface area contributed by atoms with Crippen LogP contribution in [0, 0.1) is 16.7 Å². The highest BCUT2D eigenvalue weighted by Crippen LogP contribution is 2.26. The molecular formula is C13H23N. The SMILES string of the molecule is C=C/C=C(/C)C(=N)C(C)CC(C)(C)C. The lowest BCUT2D eigenvalue weighted by Gasteiger charge is -2.24. The van der Waals surface area contributed by atoms with Crippen molar-refractivity contribution in [2.24, 2.45) is 11.3 Å². The Balaban J connectivity index is 4.41. The highest BCUT2D eigenvalue weighted by molar-refractivity contribution is 5.98. The smallest absolute Gasteiger partial charge is 0.0371 e. The predicted octanol–water partition coefficient (Wildman–Crippen LogP) is 4.21. The predicted molar refractivity (Wildman–Crippen MR) is 64.9 cm³/mol. The maximum Gasteiger partial charge on any atom is 0.0371 e. The van der Waals surface area contributed by atoms with Gasteiger partial charge in [-0.25, -0.2) is 0 Å². The molecule has 1 N–H and O–H groups in total. The second-order valence-corrected chi connectivity index (χ2v) is 5.16. The van der Waals surface area contributed by atoms with Gasteiger partial charge < -0.3 is 5.41 Å². The number of hydrogen-bond acceptors (Lipinski definition) is 1. The number of hydrogen-bond donors (Lipinski definition) is 1. The van der Waals surface area contributed by atoms with E-state index in [0.29, 0.717) is 11.3 Å². The summed E-state index contributed by atoms with van der Waals surface area (Å²) in [6.45, 7) is 14.4. The van der Waals surface area contributed by atoms with Crippen molar-refractivity contribution in [3.8, 4) is 0 Å². The summed E-state index contributed by atoms with van der Waals surface area (Å²) < 4.78 is 0. The molecule has 0 heterocycles. The van der Waals surface area contributed by atoms with Crippen molar-refractivity contribution in [3.05, 3.63) is 24.3 Å². The Morgan fingerprint density at radius 3 is 2.29 bits per heavy atom. The van der Waals surface area contributed by atoms with Crippen LogP contribution in [0.15, 0.2) is 24.3 Å². The quantitative estimate of drug-likeness (QED) is 0.511. The highest BCUT2D eigenvalue weighted by atomic mass is 14.4. The van der Waals surface area contributed by atoms with Crippen molar-refractivity contribution in [3.63, 3.8) is 0 Å². The third-order valence-electron chi connectivity index (χ3n) is 2.20. The van der Waals surface area contributed by atoms with Gasteiger partial charge in [0, 0.05) is 5.71 Å². The van der Waals surface area contributed by atoms with Crippen molar-refractivity contribution in [1.29, 1.82) is 5.41 Å². The fourth-order valence-corrected chi connectivity index (χ4v) is 1.68. The van der Waals surface area contributed by atoms with E-state index in [-0.39, 0.29) is 0 Å². The first-order valence-electron chi connectivity index (χ1n) is 5.16. The third kappa shape index (κ3) is 5.00. The van der Waals surface area contributed by atoms with Crippen molar-refractivity contribution < 1.29 is 0 Å². The van der Waals surface area contributed by atoms with Gasteiger partial charge in [-0.3, -0.25) is 0 Å². The lowest BCUT2D eigenvalue weighted by Crippen LogP contribution is -2.18. The summed E-state index contributed by atoms with van der Waals surface area (Å²) in [7, 11) is 0. The summed E-state index contributed by atoms with van der Waals surface area (Å²) in [4.78, 5) is 0. The standard InChI is InChI=1S/C13H23N/c1-7-8-10(2)12(14)11(3)9-13(4,5)6/h7-8,11,14H,1,9H2,2-6H3/b10-8-,14-12?. The Morgan fingerprint density at radius 1 is 1.43 bits per heavy atom. The summed E-state index contributed by atoms with van der Waals surface area (Å²) in [6, 6.07) is 0. The molecule has 0 aromatic rings. The molecule has 0 spiro atoms. The second-order valence-electron chi connectivity index (χ2n) is 5.16. The van der Waals surface area contributed by atoms with Gasteiger partial charge in [0.05, 0.1) is 0 Å². The fraction of sp³-hybridized carbons (Fsp3) is 0.615. The molecule has 0 aliphatic rings. The fourth-order valence-electron chi connectivity index (χ4n) is 1.68. The minimum absolute atomic E-state index is 0.292. The molecule has 0 aromatic carbocycles. The normalized spacial score (nSPS) is 15.1. The van der Waals surface area contributed by atoms with Crippen LogP contribution in [0.1, 0.15) is 41.0 Å². The van der Waals surface area contributed by atoms with Gasteiger partial charge in [0.1, 0.15) is 0 Å². The van der Waals surface area contributed by atoms with Gasteiger partial charge in [-0.2, -0.15) is 0 Å². The van der Waals surface area contributed by atoms with Gasteiger partial charge in [-0.15, -0.1) is 0 Å². The van der Waals surface area contributed by atoms with Gasteiger partial charge in [-0.05, 0) is 30.3 Å². The van der Waals surface area contributed by atoms with E-state index in [1.54, 1.807) is 6.08 Å². The van der Waals surface area contributed by atoms with Crippen LogP contribution in [0.4, 0.5) is 0 Å². The van der Waals surface area contributed by atoms with E-state index in [2.05, 4.69) is 34.3 Å². The molecule has 1 unspecified atom stereocenters. The highest BCUT2D eigenvalue weighted by Gasteiger charge is 2.18. The van der Waals surface area contributed by atoms with Crippen LogP contribution in [-0.2, 0) is 0 Å².